The summed E-state index contributed by atoms with van der Waals surface area (Å²) in [6, 6.07) is 6.44. The third-order valence-corrected chi connectivity index (χ3v) is 3.14. The number of hydrogen-bond donors (Lipinski definition) is 1. The second kappa shape index (κ2) is 5.25. The fraction of sp³-hybridized carbons (Fsp3) is 0.0833. The van der Waals surface area contributed by atoms with Gasteiger partial charge in [0, 0.05) is 11.6 Å². The lowest BCUT2D eigenvalue weighted by atomic mass is 10.2. The monoisotopic (exact) mass is 267 g/mol. The zero-order chi connectivity index (χ0) is 12.3. The van der Waals surface area contributed by atoms with Crippen molar-refractivity contribution in [2.75, 3.05) is 0 Å². The van der Waals surface area contributed by atoms with Crippen LogP contribution in [0.3, 0.4) is 0 Å². The first-order valence-electron chi connectivity index (χ1n) is 4.90. The molecule has 2 N–H and O–H groups in total. The highest BCUT2D eigenvalue weighted by Crippen LogP contribution is 2.18. The van der Waals surface area contributed by atoms with Crippen LogP contribution < -0.4 is 10.5 Å². The summed E-state index contributed by atoms with van der Waals surface area (Å²) >= 11 is 6.32. The van der Waals surface area contributed by atoms with Crippen LogP contribution in [-0.2, 0) is 6.61 Å². The number of nitrogens with two attached hydrogens (primary N) is 1. The van der Waals surface area contributed by atoms with Crippen molar-refractivity contribution in [3.05, 3.63) is 52.0 Å². The second-order valence-corrected chi connectivity index (χ2v) is 4.65. The van der Waals surface area contributed by atoms with Gasteiger partial charge in [0.25, 0.3) is 0 Å². The number of ether oxygens (including phenoxy) is 1. The number of thiocarbonyl (C=S) groups is 1. The molecule has 0 unspecified atom stereocenters. The fourth-order valence-corrected chi connectivity index (χ4v) is 2.15. The van der Waals surface area contributed by atoms with E-state index in [2.05, 4.69) is 0 Å². The molecule has 2 nitrogen and oxygen atoms in total. The van der Waals surface area contributed by atoms with Crippen LogP contribution in [0.25, 0.3) is 0 Å². The van der Waals surface area contributed by atoms with Gasteiger partial charge in [0.2, 0.25) is 0 Å². The van der Waals surface area contributed by atoms with Crippen LogP contribution in [0.15, 0.2) is 35.0 Å². The van der Waals surface area contributed by atoms with Crippen LogP contribution in [0.2, 0.25) is 0 Å². The lowest BCUT2D eigenvalue weighted by molar-refractivity contribution is 0.305. The molecule has 0 radical (unpaired) electrons. The molecule has 1 aromatic carbocycles. The smallest absolute Gasteiger partial charge is 0.137 e. The summed E-state index contributed by atoms with van der Waals surface area (Å²) < 4.78 is 19.0. The molecular weight excluding hydrogens is 257 g/mol. The summed E-state index contributed by atoms with van der Waals surface area (Å²) in [7, 11) is 0. The maximum absolute atomic E-state index is 13.5. The largest absolute Gasteiger partial charge is 0.489 e. The van der Waals surface area contributed by atoms with Crippen molar-refractivity contribution in [3.63, 3.8) is 0 Å². The Kier molecular flexibility index (Phi) is 3.71. The average Bonchev–Trinajstić information content (AvgIpc) is 2.78. The van der Waals surface area contributed by atoms with Gasteiger partial charge in [-0.3, -0.25) is 0 Å². The first kappa shape index (κ1) is 12.0. The van der Waals surface area contributed by atoms with E-state index < -0.39 is 5.82 Å². The van der Waals surface area contributed by atoms with Gasteiger partial charge >= 0.3 is 0 Å². The molecule has 0 saturated carbocycles. The summed E-state index contributed by atoms with van der Waals surface area (Å²) in [5.74, 6) is 0.00835. The highest BCUT2D eigenvalue weighted by molar-refractivity contribution is 7.80. The summed E-state index contributed by atoms with van der Waals surface area (Å²) in [5, 5.41) is 3.95. The van der Waals surface area contributed by atoms with Crippen LogP contribution in [0, 0.1) is 5.82 Å². The minimum atomic E-state index is -0.458. The van der Waals surface area contributed by atoms with Gasteiger partial charge in [0.05, 0.1) is 0 Å². The number of benzene rings is 1. The second-order valence-electron chi connectivity index (χ2n) is 3.43. The summed E-state index contributed by atoms with van der Waals surface area (Å²) in [6.07, 6.45) is 0. The molecule has 2 rings (SSSR count). The van der Waals surface area contributed by atoms with Crippen molar-refractivity contribution in [2.24, 2.45) is 5.73 Å². The molecule has 0 atom stereocenters. The zero-order valence-electron chi connectivity index (χ0n) is 8.85. The lowest BCUT2D eigenvalue weighted by Gasteiger charge is -2.06. The van der Waals surface area contributed by atoms with E-state index in [0.29, 0.717) is 12.4 Å². The van der Waals surface area contributed by atoms with Crippen molar-refractivity contribution in [2.45, 2.75) is 6.61 Å². The number of halogens is 1. The predicted octanol–water partition coefficient (Wildman–Crippen LogP) is 3.10. The molecule has 0 aliphatic rings. The van der Waals surface area contributed by atoms with Crippen molar-refractivity contribution in [1.29, 1.82) is 0 Å². The number of rotatable bonds is 4. The maximum atomic E-state index is 13.5. The van der Waals surface area contributed by atoms with Crippen LogP contribution >= 0.6 is 23.6 Å². The van der Waals surface area contributed by atoms with Crippen molar-refractivity contribution in [3.8, 4) is 5.75 Å². The van der Waals surface area contributed by atoms with Crippen LogP contribution in [0.1, 0.15) is 11.1 Å². The minimum absolute atomic E-state index is 0.0480. The Morgan fingerprint density at radius 3 is 2.82 bits per heavy atom. The van der Waals surface area contributed by atoms with Gasteiger partial charge in [-0.05, 0) is 34.5 Å². The van der Waals surface area contributed by atoms with Crippen LogP contribution in [0.5, 0.6) is 5.75 Å². The topological polar surface area (TPSA) is 35.2 Å². The molecule has 88 valence electrons. The van der Waals surface area contributed by atoms with Gasteiger partial charge in [0.1, 0.15) is 23.2 Å². The molecule has 0 fully saturated rings. The SMILES string of the molecule is NC(=S)c1ccc(OCc2ccsc2)cc1F. The van der Waals surface area contributed by atoms with Crippen molar-refractivity contribution >= 4 is 28.5 Å². The van der Waals surface area contributed by atoms with Gasteiger partial charge < -0.3 is 10.5 Å². The Balaban J connectivity index is 2.07. The van der Waals surface area contributed by atoms with E-state index in [4.69, 9.17) is 22.7 Å². The van der Waals surface area contributed by atoms with Crippen molar-refractivity contribution in [1.82, 2.24) is 0 Å². The molecule has 0 saturated heterocycles. The Labute approximate surface area is 108 Å². The zero-order valence-corrected chi connectivity index (χ0v) is 10.5. The normalized spacial score (nSPS) is 10.2. The summed E-state index contributed by atoms with van der Waals surface area (Å²) in [4.78, 5) is 0.0480. The van der Waals surface area contributed by atoms with Crippen LogP contribution in [0.4, 0.5) is 4.39 Å². The number of hydrogen-bond acceptors (Lipinski definition) is 3. The highest BCUT2D eigenvalue weighted by Gasteiger charge is 2.06. The molecule has 0 bridgehead atoms. The first-order valence-corrected chi connectivity index (χ1v) is 6.25. The molecule has 17 heavy (non-hydrogen) atoms. The standard InChI is InChI=1S/C12H10FNOS2/c13-11-5-9(1-2-10(11)12(14)16)15-6-8-3-4-17-7-8/h1-5,7H,6H2,(H2,14,16). The molecule has 0 aliphatic heterocycles. The third-order valence-electron chi connectivity index (χ3n) is 2.19. The summed E-state index contributed by atoms with van der Waals surface area (Å²) in [6.45, 7) is 0.426. The molecule has 1 heterocycles. The minimum Gasteiger partial charge on any atom is -0.489 e. The van der Waals surface area contributed by atoms with Gasteiger partial charge in [-0.1, -0.05) is 12.2 Å². The Bertz CT molecular complexity index is 525. The molecule has 1 aromatic heterocycles. The highest BCUT2D eigenvalue weighted by atomic mass is 32.1. The van der Waals surface area contributed by atoms with E-state index in [0.717, 1.165) is 5.56 Å². The van der Waals surface area contributed by atoms with E-state index in [1.54, 1.807) is 17.4 Å². The van der Waals surface area contributed by atoms with E-state index in [1.165, 1.54) is 12.1 Å². The van der Waals surface area contributed by atoms with Gasteiger partial charge in [-0.15, -0.1) is 0 Å². The quantitative estimate of drug-likeness (QED) is 0.865. The van der Waals surface area contributed by atoms with Gasteiger partial charge in [-0.25, -0.2) is 4.39 Å². The average molecular weight is 267 g/mol. The number of thiophene rings is 1. The van der Waals surface area contributed by atoms with Gasteiger partial charge in [0.15, 0.2) is 0 Å². The van der Waals surface area contributed by atoms with E-state index >= 15 is 0 Å². The van der Waals surface area contributed by atoms with E-state index in [9.17, 15) is 4.39 Å². The molecular formula is C12H10FNOS2. The molecule has 0 spiro atoms. The Morgan fingerprint density at radius 1 is 1.41 bits per heavy atom. The van der Waals surface area contributed by atoms with Crippen LogP contribution in [-0.4, -0.2) is 4.99 Å². The van der Waals surface area contributed by atoms with E-state index in [-0.39, 0.29) is 10.6 Å². The maximum Gasteiger partial charge on any atom is 0.137 e. The molecule has 5 heteroatoms. The van der Waals surface area contributed by atoms with Crippen molar-refractivity contribution < 1.29 is 9.13 Å². The molecule has 0 amide bonds. The Hall–Kier alpha value is -1.46. The van der Waals surface area contributed by atoms with E-state index in [1.807, 2.05) is 16.8 Å². The first-order chi connectivity index (χ1) is 8.16. The third kappa shape index (κ3) is 3.01. The molecule has 2 aromatic rings. The predicted molar refractivity (Wildman–Crippen MR) is 70.9 cm³/mol. The fourth-order valence-electron chi connectivity index (χ4n) is 1.33. The lowest BCUT2D eigenvalue weighted by Crippen LogP contribution is -2.11. The molecule has 0 aliphatic carbocycles. The van der Waals surface area contributed by atoms with Gasteiger partial charge in [-0.2, -0.15) is 11.3 Å². The summed E-state index contributed by atoms with van der Waals surface area (Å²) in [5.41, 5.74) is 6.67. The Morgan fingerprint density at radius 2 is 2.24 bits per heavy atom.